The number of hydrogen-bond donors (Lipinski definition) is 2. The highest BCUT2D eigenvalue weighted by molar-refractivity contribution is 7.90. The van der Waals surface area contributed by atoms with Crippen LogP contribution < -0.4 is 20.3 Å². The largest absolute Gasteiger partial charge is 0.494 e. The summed E-state index contributed by atoms with van der Waals surface area (Å²) in [6, 6.07) is 22.0. The highest BCUT2D eigenvalue weighted by atomic mass is 32.2. The number of para-hydroxylation sites is 2. The van der Waals surface area contributed by atoms with E-state index in [9.17, 15) is 8.42 Å². The standard InChI is InChI=1S/C34H43N7O3S/c1-39(2)24-15-19-40(20-16-24)25-17-21-41(22-18-25)26-13-14-29(31(23-26)44-3)37-34-36-28-10-6-5-9-27(28)33(38-34)35-30-11-7-8-12-32(30)45(4,42)43/h5-14,23-25H,15-22H2,1-4H3,(H2,35,36,37,38). The molecule has 0 bridgehead atoms. The molecule has 0 spiro atoms. The molecule has 11 heteroatoms. The summed E-state index contributed by atoms with van der Waals surface area (Å²) in [6.07, 6.45) is 6.04. The van der Waals surface area contributed by atoms with Crippen LogP contribution in [0, 0.1) is 0 Å². The van der Waals surface area contributed by atoms with E-state index in [1.807, 2.05) is 30.3 Å². The molecule has 0 radical (unpaired) electrons. The van der Waals surface area contributed by atoms with E-state index in [1.54, 1.807) is 31.4 Å². The van der Waals surface area contributed by atoms with Crippen molar-refractivity contribution < 1.29 is 13.2 Å². The molecule has 2 N–H and O–H groups in total. The van der Waals surface area contributed by atoms with Crippen LogP contribution >= 0.6 is 0 Å². The minimum atomic E-state index is -3.45. The summed E-state index contributed by atoms with van der Waals surface area (Å²) in [5.74, 6) is 1.58. The Morgan fingerprint density at radius 1 is 0.844 bits per heavy atom. The number of methoxy groups -OCH3 is 1. The van der Waals surface area contributed by atoms with E-state index in [0.29, 0.717) is 35.3 Å². The molecule has 2 aliphatic heterocycles. The average molecular weight is 630 g/mol. The van der Waals surface area contributed by atoms with Crippen molar-refractivity contribution in [1.82, 2.24) is 19.8 Å². The minimum absolute atomic E-state index is 0.206. The number of anilines is 5. The van der Waals surface area contributed by atoms with Crippen molar-refractivity contribution in [1.29, 1.82) is 0 Å². The smallest absolute Gasteiger partial charge is 0.229 e. The first-order valence-corrected chi connectivity index (χ1v) is 17.5. The highest BCUT2D eigenvalue weighted by Crippen LogP contribution is 2.35. The van der Waals surface area contributed by atoms with E-state index in [-0.39, 0.29) is 4.90 Å². The predicted octanol–water partition coefficient (Wildman–Crippen LogP) is 5.52. The molecule has 3 heterocycles. The Morgan fingerprint density at radius 2 is 1.56 bits per heavy atom. The third-order valence-electron chi connectivity index (χ3n) is 9.15. The van der Waals surface area contributed by atoms with Crippen LogP contribution in [0.1, 0.15) is 25.7 Å². The molecule has 0 aliphatic carbocycles. The van der Waals surface area contributed by atoms with Crippen molar-refractivity contribution in [3.8, 4) is 5.75 Å². The number of hydrogen-bond acceptors (Lipinski definition) is 10. The second-order valence-corrected chi connectivity index (χ2v) is 14.2. The van der Waals surface area contributed by atoms with Crippen LogP contribution in [0.2, 0.25) is 0 Å². The highest BCUT2D eigenvalue weighted by Gasteiger charge is 2.29. The Kier molecular flexibility index (Phi) is 9.11. The molecule has 10 nitrogen and oxygen atoms in total. The Bertz CT molecular complexity index is 1750. The van der Waals surface area contributed by atoms with Crippen molar-refractivity contribution in [3.63, 3.8) is 0 Å². The summed E-state index contributed by atoms with van der Waals surface area (Å²) in [5, 5.41) is 7.37. The van der Waals surface area contributed by atoms with Crippen LogP contribution in [0.3, 0.4) is 0 Å². The molecule has 1 aromatic heterocycles. The van der Waals surface area contributed by atoms with Gasteiger partial charge in [-0.25, -0.2) is 13.4 Å². The van der Waals surface area contributed by atoms with Crippen LogP contribution in [0.4, 0.5) is 28.8 Å². The molecule has 2 aliphatic rings. The van der Waals surface area contributed by atoms with Gasteiger partial charge in [-0.3, -0.25) is 0 Å². The number of ether oxygens (including phenoxy) is 1. The maximum atomic E-state index is 12.4. The van der Waals surface area contributed by atoms with Crippen LogP contribution in [-0.4, -0.2) is 93.9 Å². The summed E-state index contributed by atoms with van der Waals surface area (Å²) in [5.41, 5.74) is 3.07. The van der Waals surface area contributed by atoms with E-state index in [4.69, 9.17) is 14.7 Å². The third-order valence-corrected chi connectivity index (χ3v) is 10.3. The third kappa shape index (κ3) is 7.00. The van der Waals surface area contributed by atoms with Crippen molar-refractivity contribution in [2.24, 2.45) is 0 Å². The zero-order valence-electron chi connectivity index (χ0n) is 26.5. The number of piperidine rings is 2. The number of sulfone groups is 1. The lowest BCUT2D eigenvalue weighted by Gasteiger charge is -2.43. The number of benzene rings is 3. The summed E-state index contributed by atoms with van der Waals surface area (Å²) in [4.78, 5) is 17.2. The topological polar surface area (TPSA) is 103 Å². The van der Waals surface area contributed by atoms with Gasteiger partial charge in [-0.15, -0.1) is 0 Å². The van der Waals surface area contributed by atoms with Crippen LogP contribution in [0.25, 0.3) is 10.9 Å². The molecular weight excluding hydrogens is 586 g/mol. The fourth-order valence-electron chi connectivity index (χ4n) is 6.61. The first kappa shape index (κ1) is 31.1. The Morgan fingerprint density at radius 3 is 2.27 bits per heavy atom. The van der Waals surface area contributed by atoms with E-state index in [2.05, 4.69) is 51.6 Å². The van der Waals surface area contributed by atoms with Gasteiger partial charge in [0, 0.05) is 48.6 Å². The summed E-state index contributed by atoms with van der Waals surface area (Å²) < 4.78 is 30.7. The van der Waals surface area contributed by atoms with E-state index < -0.39 is 9.84 Å². The van der Waals surface area contributed by atoms with Gasteiger partial charge in [0.05, 0.1) is 28.9 Å². The lowest BCUT2D eigenvalue weighted by atomic mass is 9.97. The fraction of sp³-hybridized carbons (Fsp3) is 0.412. The predicted molar refractivity (Wildman–Crippen MR) is 182 cm³/mol. The quantitative estimate of drug-likeness (QED) is 0.246. The van der Waals surface area contributed by atoms with Crippen molar-refractivity contribution in [3.05, 3.63) is 66.7 Å². The first-order valence-electron chi connectivity index (χ1n) is 15.6. The lowest BCUT2D eigenvalue weighted by Crippen LogP contribution is -2.50. The van der Waals surface area contributed by atoms with Gasteiger partial charge in [-0.1, -0.05) is 24.3 Å². The summed E-state index contributed by atoms with van der Waals surface area (Å²) in [7, 11) is 2.61. The fourth-order valence-corrected chi connectivity index (χ4v) is 7.45. The number of nitrogens with zero attached hydrogens (tertiary/aromatic N) is 5. The molecular formula is C34H43N7O3S. The molecule has 6 rings (SSSR count). The Balaban J connectivity index is 1.18. The number of likely N-dealkylation sites (tertiary alicyclic amines) is 1. The number of aromatic nitrogens is 2. The van der Waals surface area contributed by atoms with Crippen molar-refractivity contribution >= 4 is 49.6 Å². The van der Waals surface area contributed by atoms with Gasteiger partial charge in [0.2, 0.25) is 5.95 Å². The number of nitrogens with one attached hydrogen (secondary N) is 2. The Labute approximate surface area is 266 Å². The number of rotatable bonds is 9. The summed E-state index contributed by atoms with van der Waals surface area (Å²) >= 11 is 0. The van der Waals surface area contributed by atoms with Gasteiger partial charge in [0.1, 0.15) is 11.6 Å². The minimum Gasteiger partial charge on any atom is -0.494 e. The molecule has 238 valence electrons. The molecule has 0 amide bonds. The van der Waals surface area contributed by atoms with Gasteiger partial charge in [0.15, 0.2) is 9.84 Å². The van der Waals surface area contributed by atoms with E-state index in [0.717, 1.165) is 48.2 Å². The van der Waals surface area contributed by atoms with Gasteiger partial charge >= 0.3 is 0 Å². The van der Waals surface area contributed by atoms with Crippen LogP contribution in [0.5, 0.6) is 5.75 Å². The van der Waals surface area contributed by atoms with Gasteiger partial charge < -0.3 is 30.1 Å². The molecule has 3 aromatic carbocycles. The average Bonchev–Trinajstić information content (AvgIpc) is 3.05. The maximum absolute atomic E-state index is 12.4. The molecule has 2 fully saturated rings. The van der Waals surface area contributed by atoms with Gasteiger partial charge in [-0.2, -0.15) is 4.98 Å². The van der Waals surface area contributed by atoms with Gasteiger partial charge in [-0.05, 0) is 89.3 Å². The molecule has 0 unspecified atom stereocenters. The van der Waals surface area contributed by atoms with Crippen LogP contribution in [0.15, 0.2) is 71.6 Å². The van der Waals surface area contributed by atoms with Gasteiger partial charge in [0.25, 0.3) is 0 Å². The summed E-state index contributed by atoms with van der Waals surface area (Å²) in [6.45, 7) is 4.43. The Hall–Kier alpha value is -3.93. The zero-order chi connectivity index (χ0) is 31.6. The second kappa shape index (κ2) is 13.2. The molecule has 45 heavy (non-hydrogen) atoms. The number of fused-ring (bicyclic) bond motifs is 1. The first-order chi connectivity index (χ1) is 21.7. The van der Waals surface area contributed by atoms with E-state index >= 15 is 0 Å². The van der Waals surface area contributed by atoms with E-state index in [1.165, 1.54) is 32.2 Å². The lowest BCUT2D eigenvalue weighted by molar-refractivity contribution is 0.0960. The monoisotopic (exact) mass is 629 g/mol. The molecule has 0 saturated carbocycles. The normalized spacial score (nSPS) is 17.1. The zero-order valence-corrected chi connectivity index (χ0v) is 27.3. The molecule has 2 saturated heterocycles. The SMILES string of the molecule is COc1cc(N2CCC(N3CCC(N(C)C)CC3)CC2)ccc1Nc1nc(Nc2ccccc2S(C)(=O)=O)c2ccccc2n1. The molecule has 0 atom stereocenters. The maximum Gasteiger partial charge on any atom is 0.229 e. The second-order valence-electron chi connectivity index (χ2n) is 12.3. The van der Waals surface area contributed by atoms with Crippen molar-refractivity contribution in [2.75, 3.05) is 69.2 Å². The molecule has 4 aromatic rings. The van der Waals surface area contributed by atoms with Crippen LogP contribution in [-0.2, 0) is 9.84 Å². The van der Waals surface area contributed by atoms with Crippen molar-refractivity contribution in [2.45, 2.75) is 42.7 Å².